The predicted octanol–water partition coefficient (Wildman–Crippen LogP) is 3.57. The molecule has 0 unspecified atom stereocenters. The molecule has 2 aromatic rings. The number of carbonyl (C=O) groups excluding carboxylic acids is 5. The van der Waals surface area contributed by atoms with E-state index in [0.717, 1.165) is 46.6 Å². The average Bonchev–Trinajstić information content (AvgIpc) is 3.02. The molecule has 40 heavy (non-hydrogen) atoms. The van der Waals surface area contributed by atoms with Crippen molar-refractivity contribution in [3.63, 3.8) is 0 Å². The Morgan fingerprint density at radius 1 is 0.975 bits per heavy atom. The van der Waals surface area contributed by atoms with E-state index in [1.807, 2.05) is 6.92 Å². The van der Waals surface area contributed by atoms with Crippen LogP contribution in [0.5, 0.6) is 0 Å². The van der Waals surface area contributed by atoms with Gasteiger partial charge in [-0.05, 0) is 67.6 Å². The molecule has 1 aliphatic heterocycles. The SMILES string of the molecule is CCc1ccc(C(=O)N2C(=O)CN(CCC(=O)OC(=O)C(F)(F)F)C(=O)c3cc(CCCCCN)ccc32)cc1. The lowest BCUT2D eigenvalue weighted by Gasteiger charge is -2.21. The van der Waals surface area contributed by atoms with Crippen LogP contribution in [0.25, 0.3) is 0 Å². The molecule has 0 spiro atoms. The fourth-order valence-electron chi connectivity index (χ4n) is 4.22. The van der Waals surface area contributed by atoms with Crippen LogP contribution in [0.1, 0.15) is 64.4 Å². The van der Waals surface area contributed by atoms with Crippen LogP contribution < -0.4 is 10.6 Å². The molecule has 0 saturated heterocycles. The highest BCUT2D eigenvalue weighted by Crippen LogP contribution is 2.29. The van der Waals surface area contributed by atoms with E-state index in [2.05, 4.69) is 4.74 Å². The van der Waals surface area contributed by atoms with Gasteiger partial charge in [-0.15, -0.1) is 0 Å². The Hall–Kier alpha value is -4.06. The van der Waals surface area contributed by atoms with E-state index >= 15 is 0 Å². The normalized spacial score (nSPS) is 13.6. The number of hydrogen-bond donors (Lipinski definition) is 1. The smallest absolute Gasteiger partial charge is 0.386 e. The summed E-state index contributed by atoms with van der Waals surface area (Å²) >= 11 is 0. The number of rotatable bonds is 10. The van der Waals surface area contributed by atoms with Crippen LogP contribution in [0, 0.1) is 0 Å². The number of ether oxygens (including phenoxy) is 1. The highest BCUT2D eigenvalue weighted by molar-refractivity contribution is 6.25. The van der Waals surface area contributed by atoms with Gasteiger partial charge in [-0.25, -0.2) is 9.69 Å². The van der Waals surface area contributed by atoms with Gasteiger partial charge in [0.1, 0.15) is 6.54 Å². The number of aryl methyl sites for hydroxylation is 2. The Labute approximate surface area is 229 Å². The van der Waals surface area contributed by atoms with E-state index in [9.17, 15) is 37.1 Å². The van der Waals surface area contributed by atoms with Crippen LogP contribution in [0.15, 0.2) is 42.5 Å². The first-order valence-corrected chi connectivity index (χ1v) is 12.9. The lowest BCUT2D eigenvalue weighted by atomic mass is 10.0. The molecule has 0 bridgehead atoms. The van der Waals surface area contributed by atoms with Gasteiger partial charge < -0.3 is 15.4 Å². The summed E-state index contributed by atoms with van der Waals surface area (Å²) in [6.45, 7) is 1.36. The zero-order valence-corrected chi connectivity index (χ0v) is 22.0. The highest BCUT2D eigenvalue weighted by Gasteiger charge is 2.42. The Kier molecular flexibility index (Phi) is 10.2. The fraction of sp³-hybridized carbons (Fsp3) is 0.393. The van der Waals surface area contributed by atoms with Gasteiger partial charge in [0.05, 0.1) is 17.7 Å². The molecule has 0 aliphatic carbocycles. The van der Waals surface area contributed by atoms with Crippen molar-refractivity contribution in [3.8, 4) is 0 Å². The summed E-state index contributed by atoms with van der Waals surface area (Å²) in [7, 11) is 0. The number of amides is 3. The van der Waals surface area contributed by atoms with Gasteiger partial charge in [-0.1, -0.05) is 31.5 Å². The molecule has 0 radical (unpaired) electrons. The summed E-state index contributed by atoms with van der Waals surface area (Å²) in [5, 5.41) is 0. The summed E-state index contributed by atoms with van der Waals surface area (Å²) in [4.78, 5) is 65.0. The first kappa shape index (κ1) is 30.5. The third kappa shape index (κ3) is 7.53. The molecule has 1 aliphatic rings. The number of nitrogens with two attached hydrogens (primary N) is 1. The molecule has 2 N–H and O–H groups in total. The summed E-state index contributed by atoms with van der Waals surface area (Å²) in [6, 6.07) is 11.5. The Morgan fingerprint density at radius 2 is 1.65 bits per heavy atom. The number of nitrogens with zero attached hydrogens (tertiary/aromatic N) is 2. The van der Waals surface area contributed by atoms with E-state index in [-0.39, 0.29) is 16.8 Å². The number of unbranched alkanes of at least 4 members (excludes halogenated alkanes) is 2. The number of benzene rings is 2. The van der Waals surface area contributed by atoms with Crippen molar-refractivity contribution < 1.29 is 41.9 Å². The molecule has 0 saturated carbocycles. The Balaban J connectivity index is 1.91. The van der Waals surface area contributed by atoms with Gasteiger partial charge in [0.2, 0.25) is 0 Å². The van der Waals surface area contributed by atoms with Gasteiger partial charge in [0.25, 0.3) is 17.7 Å². The van der Waals surface area contributed by atoms with Crippen LogP contribution in [-0.4, -0.2) is 60.4 Å². The number of anilines is 1. The Morgan fingerprint density at radius 3 is 2.27 bits per heavy atom. The second-order valence-electron chi connectivity index (χ2n) is 9.27. The number of imide groups is 1. The standard InChI is InChI=1S/C28H30F3N3O6/c1-2-18-7-10-20(11-8-18)25(37)34-22-12-9-19(6-4-3-5-14-32)16-21(22)26(38)33(17-23(34)35)15-13-24(36)40-27(39)28(29,30)31/h7-12,16H,2-6,13-15,17,32H2,1H3. The van der Waals surface area contributed by atoms with Crippen LogP contribution in [0.2, 0.25) is 0 Å². The van der Waals surface area contributed by atoms with Crippen LogP contribution >= 0.6 is 0 Å². The molecule has 0 fully saturated rings. The molecule has 3 rings (SSSR count). The molecule has 9 nitrogen and oxygen atoms in total. The molecule has 0 aromatic heterocycles. The topological polar surface area (TPSA) is 127 Å². The minimum absolute atomic E-state index is 0.0282. The summed E-state index contributed by atoms with van der Waals surface area (Å²) in [5.74, 6) is -6.31. The number of esters is 2. The Bertz CT molecular complexity index is 1280. The highest BCUT2D eigenvalue weighted by atomic mass is 19.4. The first-order valence-electron chi connectivity index (χ1n) is 12.9. The van der Waals surface area contributed by atoms with E-state index in [0.29, 0.717) is 13.0 Å². The summed E-state index contributed by atoms with van der Waals surface area (Å²) in [5.41, 5.74) is 7.60. The maximum absolute atomic E-state index is 13.5. The molecule has 214 valence electrons. The van der Waals surface area contributed by atoms with Crippen molar-refractivity contribution in [1.29, 1.82) is 0 Å². The molecule has 12 heteroatoms. The number of hydrogen-bond acceptors (Lipinski definition) is 7. The maximum Gasteiger partial charge on any atom is 0.491 e. The average molecular weight is 562 g/mol. The number of fused-ring (bicyclic) bond motifs is 1. The van der Waals surface area contributed by atoms with E-state index in [1.165, 1.54) is 6.07 Å². The summed E-state index contributed by atoms with van der Waals surface area (Å²) < 4.78 is 41.1. The van der Waals surface area contributed by atoms with Crippen molar-refractivity contribution in [2.75, 3.05) is 24.5 Å². The van der Waals surface area contributed by atoms with Crippen molar-refractivity contribution in [1.82, 2.24) is 4.90 Å². The largest absolute Gasteiger partial charge is 0.491 e. The molecule has 0 atom stereocenters. The quantitative estimate of drug-likeness (QED) is 0.203. The van der Waals surface area contributed by atoms with Gasteiger partial charge in [-0.2, -0.15) is 13.2 Å². The molecule has 1 heterocycles. The van der Waals surface area contributed by atoms with Crippen LogP contribution in [0.4, 0.5) is 18.9 Å². The zero-order valence-electron chi connectivity index (χ0n) is 22.0. The second kappa shape index (κ2) is 13.3. The fourth-order valence-corrected chi connectivity index (χ4v) is 4.22. The minimum Gasteiger partial charge on any atom is -0.386 e. The molecule has 2 aromatic carbocycles. The number of carbonyl (C=O) groups is 5. The van der Waals surface area contributed by atoms with Crippen LogP contribution in [0.3, 0.4) is 0 Å². The van der Waals surface area contributed by atoms with Crippen molar-refractivity contribution >= 4 is 35.3 Å². The molecule has 3 amide bonds. The van der Waals surface area contributed by atoms with Crippen molar-refractivity contribution in [3.05, 3.63) is 64.7 Å². The van der Waals surface area contributed by atoms with Crippen molar-refractivity contribution in [2.45, 2.75) is 51.6 Å². The van der Waals surface area contributed by atoms with E-state index < -0.39 is 55.3 Å². The maximum atomic E-state index is 13.5. The van der Waals surface area contributed by atoms with Gasteiger partial charge in [0, 0.05) is 12.1 Å². The zero-order chi connectivity index (χ0) is 29.4. The number of halogens is 3. The van der Waals surface area contributed by atoms with Gasteiger partial charge in [0.15, 0.2) is 0 Å². The van der Waals surface area contributed by atoms with Gasteiger partial charge in [-0.3, -0.25) is 19.2 Å². The monoisotopic (exact) mass is 561 g/mol. The third-order valence-corrected chi connectivity index (χ3v) is 6.40. The minimum atomic E-state index is -5.36. The first-order chi connectivity index (χ1) is 19.0. The lowest BCUT2D eigenvalue weighted by molar-refractivity contribution is -0.201. The summed E-state index contributed by atoms with van der Waals surface area (Å²) in [6.07, 6.45) is -2.30. The molecular weight excluding hydrogens is 531 g/mol. The molecular formula is C28H30F3N3O6. The lowest BCUT2D eigenvalue weighted by Crippen LogP contribution is -2.43. The number of alkyl halides is 3. The van der Waals surface area contributed by atoms with E-state index in [1.54, 1.807) is 36.4 Å². The van der Waals surface area contributed by atoms with Gasteiger partial charge >= 0.3 is 18.1 Å². The van der Waals surface area contributed by atoms with Crippen molar-refractivity contribution in [2.24, 2.45) is 5.73 Å². The third-order valence-electron chi connectivity index (χ3n) is 6.40. The van der Waals surface area contributed by atoms with Crippen LogP contribution in [-0.2, 0) is 32.0 Å². The second-order valence-corrected chi connectivity index (χ2v) is 9.27. The predicted molar refractivity (Wildman–Crippen MR) is 138 cm³/mol. The van der Waals surface area contributed by atoms with E-state index in [4.69, 9.17) is 5.73 Å².